The maximum atomic E-state index is 14.0. The number of rotatable bonds is 5. The van der Waals surface area contributed by atoms with Crippen LogP contribution in [0.2, 0.25) is 0 Å². The molecule has 140 valence electrons. The van der Waals surface area contributed by atoms with E-state index in [1.54, 1.807) is 0 Å². The summed E-state index contributed by atoms with van der Waals surface area (Å²) < 4.78 is 52.1. The van der Waals surface area contributed by atoms with Gasteiger partial charge in [-0.2, -0.15) is 28.2 Å². The maximum absolute atomic E-state index is 14.0. The molecule has 1 aromatic heterocycles. The molecule has 0 saturated carbocycles. The lowest BCUT2D eigenvalue weighted by atomic mass is 10.1. The van der Waals surface area contributed by atoms with Crippen molar-refractivity contribution in [3.05, 3.63) is 77.4 Å². The largest absolute Gasteiger partial charge is 0.419 e. The van der Waals surface area contributed by atoms with Crippen LogP contribution < -0.4 is 5.32 Å². The summed E-state index contributed by atoms with van der Waals surface area (Å²) in [5.74, 6) is -2.51. The van der Waals surface area contributed by atoms with Crippen molar-refractivity contribution < 1.29 is 22.4 Å². The Hall–Kier alpha value is -3.23. The molecule has 0 spiro atoms. The zero-order valence-corrected chi connectivity index (χ0v) is 13.9. The molecular formula is C18H14F4N4O. The van der Waals surface area contributed by atoms with Gasteiger partial charge in [0.2, 0.25) is 0 Å². The first-order valence-corrected chi connectivity index (χ1v) is 7.97. The minimum absolute atomic E-state index is 0.0714. The number of nitrogens with zero attached hydrogens (tertiary/aromatic N) is 3. The van der Waals surface area contributed by atoms with Gasteiger partial charge in [-0.3, -0.25) is 4.79 Å². The molecule has 1 N–H and O–H groups in total. The van der Waals surface area contributed by atoms with Crippen LogP contribution in [0.5, 0.6) is 0 Å². The lowest BCUT2D eigenvalue weighted by molar-refractivity contribution is -0.140. The van der Waals surface area contributed by atoms with E-state index in [9.17, 15) is 22.4 Å². The van der Waals surface area contributed by atoms with Crippen LogP contribution in [0.4, 0.5) is 17.6 Å². The molecule has 9 heteroatoms. The minimum Gasteiger partial charge on any atom is -0.352 e. The van der Waals surface area contributed by atoms with Crippen molar-refractivity contribution >= 4 is 5.91 Å². The quantitative estimate of drug-likeness (QED) is 0.693. The molecule has 0 aliphatic carbocycles. The molecule has 0 saturated heterocycles. The van der Waals surface area contributed by atoms with Crippen molar-refractivity contribution in [2.75, 3.05) is 6.54 Å². The molecule has 0 atom stereocenters. The van der Waals surface area contributed by atoms with E-state index in [2.05, 4.69) is 15.5 Å². The Morgan fingerprint density at radius 2 is 1.81 bits per heavy atom. The summed E-state index contributed by atoms with van der Waals surface area (Å²) in [4.78, 5) is 13.4. The van der Waals surface area contributed by atoms with E-state index in [0.29, 0.717) is 18.2 Å². The molecule has 2 aromatic carbocycles. The minimum atomic E-state index is -4.86. The normalized spacial score (nSPS) is 11.4. The van der Waals surface area contributed by atoms with Gasteiger partial charge in [-0.15, -0.1) is 0 Å². The van der Waals surface area contributed by atoms with E-state index in [0.717, 1.165) is 17.8 Å². The molecule has 3 aromatic rings. The van der Waals surface area contributed by atoms with E-state index < -0.39 is 29.0 Å². The number of para-hydroxylation sites is 1. The van der Waals surface area contributed by atoms with E-state index in [4.69, 9.17) is 0 Å². The van der Waals surface area contributed by atoms with Crippen molar-refractivity contribution in [1.82, 2.24) is 20.3 Å². The molecule has 3 rings (SSSR count). The number of nitrogens with one attached hydrogen (secondary N) is 1. The molecule has 0 aliphatic rings. The Morgan fingerprint density at radius 3 is 2.52 bits per heavy atom. The van der Waals surface area contributed by atoms with E-state index >= 15 is 0 Å². The standard InChI is InChI=1S/C18H14F4N4O/c19-16-14(7-4-8-15(16)18(20,21)22)17(27)23-10-9-12-11-24-26(25-12)13-5-2-1-3-6-13/h1-8,11H,9-10H2,(H,23,27). The second-order valence-corrected chi connectivity index (χ2v) is 5.63. The predicted octanol–water partition coefficient (Wildman–Crippen LogP) is 3.40. The third-order valence-electron chi connectivity index (χ3n) is 3.74. The van der Waals surface area contributed by atoms with Crippen molar-refractivity contribution in [3.8, 4) is 5.69 Å². The summed E-state index contributed by atoms with van der Waals surface area (Å²) in [5, 5.41) is 10.7. The average molecular weight is 378 g/mol. The first-order valence-electron chi connectivity index (χ1n) is 7.97. The van der Waals surface area contributed by atoms with Gasteiger partial charge in [-0.1, -0.05) is 24.3 Å². The zero-order valence-electron chi connectivity index (χ0n) is 13.9. The monoisotopic (exact) mass is 378 g/mol. The second-order valence-electron chi connectivity index (χ2n) is 5.63. The summed E-state index contributed by atoms with van der Waals surface area (Å²) in [7, 11) is 0. The van der Waals surface area contributed by atoms with Gasteiger partial charge in [0, 0.05) is 13.0 Å². The lowest BCUT2D eigenvalue weighted by Crippen LogP contribution is -2.27. The molecule has 0 aliphatic heterocycles. The number of carbonyl (C=O) groups excluding carboxylic acids is 1. The third kappa shape index (κ3) is 4.30. The van der Waals surface area contributed by atoms with Crippen LogP contribution >= 0.6 is 0 Å². The first-order chi connectivity index (χ1) is 12.9. The van der Waals surface area contributed by atoms with Crippen molar-refractivity contribution in [3.63, 3.8) is 0 Å². The SMILES string of the molecule is O=C(NCCc1cnn(-c2ccccc2)n1)c1cccc(C(F)(F)F)c1F. The van der Waals surface area contributed by atoms with E-state index in [1.165, 1.54) is 11.0 Å². The molecule has 27 heavy (non-hydrogen) atoms. The van der Waals surface area contributed by atoms with Crippen LogP contribution in [0.3, 0.4) is 0 Å². The highest BCUT2D eigenvalue weighted by Crippen LogP contribution is 2.32. The fourth-order valence-electron chi connectivity index (χ4n) is 2.42. The third-order valence-corrected chi connectivity index (χ3v) is 3.74. The van der Waals surface area contributed by atoms with Crippen molar-refractivity contribution in [2.24, 2.45) is 0 Å². The van der Waals surface area contributed by atoms with Crippen molar-refractivity contribution in [2.45, 2.75) is 12.6 Å². The number of benzene rings is 2. The van der Waals surface area contributed by atoms with E-state index in [1.807, 2.05) is 30.3 Å². The van der Waals surface area contributed by atoms with E-state index in [-0.39, 0.29) is 6.54 Å². The molecule has 0 bridgehead atoms. The number of aromatic nitrogens is 3. The Labute approximate surface area is 151 Å². The van der Waals surface area contributed by atoms with Crippen LogP contribution in [0.25, 0.3) is 5.69 Å². The Morgan fingerprint density at radius 1 is 1.07 bits per heavy atom. The molecule has 1 heterocycles. The van der Waals surface area contributed by atoms with Crippen LogP contribution in [0, 0.1) is 5.82 Å². The second kappa shape index (κ2) is 7.56. The topological polar surface area (TPSA) is 59.8 Å². The van der Waals surface area contributed by atoms with Gasteiger partial charge < -0.3 is 5.32 Å². The molecule has 0 fully saturated rings. The van der Waals surface area contributed by atoms with Gasteiger partial charge in [-0.05, 0) is 24.3 Å². The molecular weight excluding hydrogens is 364 g/mol. The number of carbonyl (C=O) groups is 1. The van der Waals surface area contributed by atoms with Crippen molar-refractivity contribution in [1.29, 1.82) is 0 Å². The zero-order chi connectivity index (χ0) is 19.4. The molecule has 0 unspecified atom stereocenters. The fourth-order valence-corrected chi connectivity index (χ4v) is 2.42. The number of hydrogen-bond donors (Lipinski definition) is 1. The molecule has 1 amide bonds. The van der Waals surface area contributed by atoms with Gasteiger partial charge >= 0.3 is 6.18 Å². The van der Waals surface area contributed by atoms with Gasteiger partial charge in [0.05, 0.1) is 28.7 Å². The fraction of sp³-hybridized carbons (Fsp3) is 0.167. The summed E-state index contributed by atoms with van der Waals surface area (Å²) in [6.07, 6.45) is -3.06. The molecule has 0 radical (unpaired) electrons. The molecule has 5 nitrogen and oxygen atoms in total. The predicted molar refractivity (Wildman–Crippen MR) is 88.8 cm³/mol. The average Bonchev–Trinajstić information content (AvgIpc) is 3.10. The van der Waals surface area contributed by atoms with Gasteiger partial charge in [-0.25, -0.2) is 4.39 Å². The summed E-state index contributed by atoms with van der Waals surface area (Å²) in [5.41, 5.74) is -0.791. The maximum Gasteiger partial charge on any atom is 0.419 e. The van der Waals surface area contributed by atoms with Gasteiger partial charge in [0.1, 0.15) is 5.82 Å². The summed E-state index contributed by atoms with van der Waals surface area (Å²) in [6, 6.07) is 11.8. The highest BCUT2D eigenvalue weighted by Gasteiger charge is 2.35. The van der Waals surface area contributed by atoms with Crippen LogP contribution in [0.1, 0.15) is 21.6 Å². The number of halogens is 4. The van der Waals surface area contributed by atoms with Crippen LogP contribution in [-0.2, 0) is 12.6 Å². The lowest BCUT2D eigenvalue weighted by Gasteiger charge is -2.11. The Balaban J connectivity index is 1.62. The van der Waals surface area contributed by atoms with Crippen LogP contribution in [-0.4, -0.2) is 27.4 Å². The first kappa shape index (κ1) is 18.6. The van der Waals surface area contributed by atoms with Crippen LogP contribution in [0.15, 0.2) is 54.7 Å². The summed E-state index contributed by atoms with van der Waals surface area (Å²) >= 11 is 0. The number of hydrogen-bond acceptors (Lipinski definition) is 3. The number of amides is 1. The summed E-state index contributed by atoms with van der Waals surface area (Å²) in [6.45, 7) is 0.0714. The van der Waals surface area contributed by atoms with Gasteiger partial charge in [0.25, 0.3) is 5.91 Å². The highest BCUT2D eigenvalue weighted by atomic mass is 19.4. The van der Waals surface area contributed by atoms with Gasteiger partial charge in [0.15, 0.2) is 0 Å². The Bertz CT molecular complexity index is 938. The number of alkyl halides is 3. The highest BCUT2D eigenvalue weighted by molar-refractivity contribution is 5.94. The Kier molecular flexibility index (Phi) is 5.20. The smallest absolute Gasteiger partial charge is 0.352 e.